The van der Waals surface area contributed by atoms with Gasteiger partial charge in [0.05, 0.1) is 5.56 Å². The third-order valence-electron chi connectivity index (χ3n) is 3.03. The monoisotopic (exact) mass is 284 g/mol. The Bertz CT molecular complexity index is 858. The predicted octanol–water partition coefficient (Wildman–Crippen LogP) is 2.80. The molecule has 100 valence electrons. The maximum atomic E-state index is 12.1. The molecule has 20 heavy (non-hydrogen) atoms. The number of pyridine rings is 1. The van der Waals surface area contributed by atoms with Crippen LogP contribution < -0.4 is 5.56 Å². The fourth-order valence-corrected chi connectivity index (χ4v) is 2.10. The van der Waals surface area contributed by atoms with E-state index < -0.39 is 0 Å². The summed E-state index contributed by atoms with van der Waals surface area (Å²) in [6.07, 6.45) is 0. The van der Waals surface area contributed by atoms with Crippen LogP contribution in [-0.4, -0.2) is 20.2 Å². The molecule has 0 atom stereocenters. The van der Waals surface area contributed by atoms with Crippen molar-refractivity contribution in [1.29, 1.82) is 0 Å². The van der Waals surface area contributed by atoms with E-state index in [0.29, 0.717) is 16.2 Å². The Labute approximate surface area is 119 Å². The first-order valence-electron chi connectivity index (χ1n) is 6.09. The molecule has 0 saturated heterocycles. The maximum absolute atomic E-state index is 12.1. The van der Waals surface area contributed by atoms with Gasteiger partial charge in [0.15, 0.2) is 5.82 Å². The van der Waals surface area contributed by atoms with Gasteiger partial charge in [0.1, 0.15) is 0 Å². The van der Waals surface area contributed by atoms with Crippen LogP contribution in [-0.2, 0) is 0 Å². The normalized spacial score (nSPS) is 10.7. The second-order valence-corrected chi connectivity index (χ2v) is 4.88. The van der Waals surface area contributed by atoms with Gasteiger partial charge in [-0.2, -0.15) is 4.98 Å². The summed E-state index contributed by atoms with van der Waals surface area (Å²) in [5.74, 6) is 0.437. The van der Waals surface area contributed by atoms with Crippen molar-refractivity contribution in [3.8, 4) is 22.6 Å². The fourth-order valence-electron chi connectivity index (χ4n) is 1.96. The summed E-state index contributed by atoms with van der Waals surface area (Å²) in [5, 5.41) is 5.44. The molecule has 3 rings (SSSR count). The summed E-state index contributed by atoms with van der Waals surface area (Å²) in [5.41, 5.74) is 3.16. The highest BCUT2D eigenvalue weighted by Gasteiger charge is 2.08. The van der Waals surface area contributed by atoms with E-state index in [-0.39, 0.29) is 5.56 Å². The molecule has 2 aromatic heterocycles. The maximum Gasteiger partial charge on any atom is 0.259 e. The molecule has 0 fully saturated rings. The quantitative estimate of drug-likeness (QED) is 0.633. The molecule has 5 nitrogen and oxygen atoms in total. The number of H-pyrrole nitrogens is 3. The SMILES string of the molecule is Cc1ccc(-c2ccc(-c3nc(=S)[nH][nH]3)c(=O)[nH]2)cc1. The molecule has 3 N–H and O–H groups in total. The summed E-state index contributed by atoms with van der Waals surface area (Å²) >= 11 is 4.88. The van der Waals surface area contributed by atoms with Crippen molar-refractivity contribution in [3.05, 3.63) is 57.1 Å². The Hall–Kier alpha value is -2.47. The van der Waals surface area contributed by atoms with Crippen LogP contribution in [0.3, 0.4) is 0 Å². The Morgan fingerprint density at radius 1 is 1.05 bits per heavy atom. The van der Waals surface area contributed by atoms with Gasteiger partial charge in [-0.3, -0.25) is 15.0 Å². The van der Waals surface area contributed by atoms with Gasteiger partial charge in [-0.15, -0.1) is 0 Å². The van der Waals surface area contributed by atoms with Crippen LogP contribution in [0, 0.1) is 11.7 Å². The largest absolute Gasteiger partial charge is 0.321 e. The summed E-state index contributed by atoms with van der Waals surface area (Å²) in [6, 6.07) is 11.5. The zero-order valence-electron chi connectivity index (χ0n) is 10.7. The number of benzene rings is 1. The van der Waals surface area contributed by atoms with Gasteiger partial charge in [-0.05, 0) is 36.8 Å². The Morgan fingerprint density at radius 3 is 2.40 bits per heavy atom. The lowest BCUT2D eigenvalue weighted by atomic mass is 10.1. The number of aryl methyl sites for hydroxylation is 1. The highest BCUT2D eigenvalue weighted by atomic mass is 32.1. The molecule has 0 aliphatic carbocycles. The van der Waals surface area contributed by atoms with E-state index >= 15 is 0 Å². The molecule has 0 saturated carbocycles. The van der Waals surface area contributed by atoms with Crippen LogP contribution in [0.25, 0.3) is 22.6 Å². The third kappa shape index (κ3) is 2.33. The molecule has 0 spiro atoms. The first kappa shape index (κ1) is 12.6. The highest BCUT2D eigenvalue weighted by molar-refractivity contribution is 7.71. The van der Waals surface area contributed by atoms with E-state index in [1.807, 2.05) is 37.3 Å². The number of aromatic amines is 3. The molecule has 0 aliphatic rings. The van der Waals surface area contributed by atoms with E-state index in [0.717, 1.165) is 11.3 Å². The van der Waals surface area contributed by atoms with Crippen molar-refractivity contribution >= 4 is 12.2 Å². The number of nitrogens with zero attached hydrogens (tertiary/aromatic N) is 1. The minimum Gasteiger partial charge on any atom is -0.321 e. The minimum atomic E-state index is -0.208. The van der Waals surface area contributed by atoms with Crippen LogP contribution in [0.15, 0.2) is 41.2 Å². The van der Waals surface area contributed by atoms with E-state index in [2.05, 4.69) is 20.2 Å². The smallest absolute Gasteiger partial charge is 0.259 e. The van der Waals surface area contributed by atoms with E-state index in [9.17, 15) is 4.79 Å². The first-order chi connectivity index (χ1) is 9.63. The van der Waals surface area contributed by atoms with Crippen LogP contribution in [0.5, 0.6) is 0 Å². The molecular formula is C14H12N4OS. The molecule has 2 heterocycles. The van der Waals surface area contributed by atoms with Crippen molar-refractivity contribution in [2.75, 3.05) is 0 Å². The van der Waals surface area contributed by atoms with Gasteiger partial charge in [0, 0.05) is 5.69 Å². The zero-order chi connectivity index (χ0) is 14.1. The lowest BCUT2D eigenvalue weighted by molar-refractivity contribution is 1.08. The molecule has 0 unspecified atom stereocenters. The molecule has 1 aromatic carbocycles. The van der Waals surface area contributed by atoms with Crippen molar-refractivity contribution < 1.29 is 0 Å². The topological polar surface area (TPSA) is 77.3 Å². The van der Waals surface area contributed by atoms with E-state index in [1.54, 1.807) is 6.07 Å². The molecular weight excluding hydrogens is 272 g/mol. The summed E-state index contributed by atoms with van der Waals surface area (Å²) in [4.78, 5) is 19.0. The fraction of sp³-hybridized carbons (Fsp3) is 0.0714. The lowest BCUT2D eigenvalue weighted by Crippen LogP contribution is -2.10. The van der Waals surface area contributed by atoms with E-state index in [1.165, 1.54) is 5.56 Å². The minimum absolute atomic E-state index is 0.208. The molecule has 0 radical (unpaired) electrons. The standard InChI is InChI=1S/C14H12N4OS/c1-8-2-4-9(5-3-8)11-7-6-10(13(19)15-11)12-16-14(20)18-17-12/h2-7H,1H3,(H,15,19)(H2,16,17,18,20). The van der Waals surface area contributed by atoms with Gasteiger partial charge in [-0.25, -0.2) is 0 Å². The highest BCUT2D eigenvalue weighted by Crippen LogP contribution is 2.18. The predicted molar refractivity (Wildman–Crippen MR) is 80.0 cm³/mol. The molecule has 0 amide bonds. The second kappa shape index (κ2) is 4.90. The van der Waals surface area contributed by atoms with Crippen molar-refractivity contribution in [3.63, 3.8) is 0 Å². The average molecular weight is 284 g/mol. The Balaban J connectivity index is 2.05. The van der Waals surface area contributed by atoms with Gasteiger partial charge in [0.25, 0.3) is 5.56 Å². The number of hydrogen-bond acceptors (Lipinski definition) is 3. The number of rotatable bonds is 2. The molecule has 0 bridgehead atoms. The average Bonchev–Trinajstić information content (AvgIpc) is 2.86. The van der Waals surface area contributed by atoms with Gasteiger partial charge >= 0.3 is 0 Å². The van der Waals surface area contributed by atoms with Crippen LogP contribution in [0.2, 0.25) is 0 Å². The van der Waals surface area contributed by atoms with E-state index in [4.69, 9.17) is 12.2 Å². The Kier molecular flexibility index (Phi) is 3.08. The first-order valence-corrected chi connectivity index (χ1v) is 6.50. The molecule has 6 heteroatoms. The van der Waals surface area contributed by atoms with Crippen molar-refractivity contribution in [2.24, 2.45) is 0 Å². The summed E-state index contributed by atoms with van der Waals surface area (Å²) < 4.78 is 0.321. The molecule has 0 aliphatic heterocycles. The lowest BCUT2D eigenvalue weighted by Gasteiger charge is -2.03. The van der Waals surface area contributed by atoms with Crippen molar-refractivity contribution in [1.82, 2.24) is 20.2 Å². The number of nitrogens with one attached hydrogen (secondary N) is 3. The van der Waals surface area contributed by atoms with Crippen LogP contribution in [0.1, 0.15) is 5.56 Å². The van der Waals surface area contributed by atoms with Crippen LogP contribution in [0.4, 0.5) is 0 Å². The second-order valence-electron chi connectivity index (χ2n) is 4.50. The Morgan fingerprint density at radius 2 is 1.80 bits per heavy atom. The summed E-state index contributed by atoms with van der Waals surface area (Å²) in [6.45, 7) is 2.02. The number of hydrogen-bond donors (Lipinski definition) is 3. The third-order valence-corrected chi connectivity index (χ3v) is 3.22. The van der Waals surface area contributed by atoms with Gasteiger partial charge in [0.2, 0.25) is 4.77 Å². The van der Waals surface area contributed by atoms with Crippen molar-refractivity contribution in [2.45, 2.75) is 6.92 Å². The van der Waals surface area contributed by atoms with Crippen LogP contribution >= 0.6 is 12.2 Å². The molecule has 3 aromatic rings. The van der Waals surface area contributed by atoms with Gasteiger partial charge < -0.3 is 4.98 Å². The number of aromatic nitrogens is 4. The summed E-state index contributed by atoms with van der Waals surface area (Å²) in [7, 11) is 0. The van der Waals surface area contributed by atoms with Gasteiger partial charge in [-0.1, -0.05) is 29.8 Å². The zero-order valence-corrected chi connectivity index (χ0v) is 11.5.